The van der Waals surface area contributed by atoms with Gasteiger partial charge in [0.25, 0.3) is 0 Å². The molecular weight excluding hydrogens is 181 g/mol. The summed E-state index contributed by atoms with van der Waals surface area (Å²) in [7, 11) is 0. The molecular formula is C11H16FNO. The number of para-hydroxylation sites is 1. The first-order valence-corrected chi connectivity index (χ1v) is 4.67. The molecule has 0 aliphatic heterocycles. The van der Waals surface area contributed by atoms with E-state index >= 15 is 0 Å². The van der Waals surface area contributed by atoms with Crippen LogP contribution in [0.4, 0.5) is 4.39 Å². The van der Waals surface area contributed by atoms with Crippen LogP contribution in [-0.4, -0.2) is 11.7 Å². The second-order valence-corrected chi connectivity index (χ2v) is 3.82. The molecule has 14 heavy (non-hydrogen) atoms. The molecule has 0 fully saturated rings. The molecule has 0 saturated heterocycles. The fourth-order valence-corrected chi connectivity index (χ4v) is 1.43. The Morgan fingerprint density at radius 1 is 1.43 bits per heavy atom. The molecule has 0 amide bonds. The van der Waals surface area contributed by atoms with E-state index < -0.39 is 5.67 Å². The van der Waals surface area contributed by atoms with E-state index in [1.807, 2.05) is 0 Å². The first-order valence-electron chi connectivity index (χ1n) is 4.67. The summed E-state index contributed by atoms with van der Waals surface area (Å²) in [4.78, 5) is 0. The number of aromatic hydroxyl groups is 1. The minimum absolute atomic E-state index is 0.0328. The van der Waals surface area contributed by atoms with Crippen molar-refractivity contribution in [2.24, 2.45) is 5.73 Å². The smallest absolute Gasteiger partial charge is 0.134 e. The van der Waals surface area contributed by atoms with Crippen LogP contribution in [0.1, 0.15) is 25.0 Å². The Labute approximate surface area is 83.6 Å². The monoisotopic (exact) mass is 197 g/mol. The van der Waals surface area contributed by atoms with Crippen molar-refractivity contribution in [2.75, 3.05) is 6.54 Å². The lowest BCUT2D eigenvalue weighted by Gasteiger charge is -2.18. The highest BCUT2D eigenvalue weighted by molar-refractivity contribution is 5.43. The summed E-state index contributed by atoms with van der Waals surface area (Å²) in [5.74, 6) is 0.0328. The van der Waals surface area contributed by atoms with Gasteiger partial charge < -0.3 is 10.8 Å². The molecule has 1 rings (SSSR count). The quantitative estimate of drug-likeness (QED) is 0.779. The zero-order valence-corrected chi connectivity index (χ0v) is 8.55. The Kier molecular flexibility index (Phi) is 3.11. The molecule has 0 aliphatic rings. The average Bonchev–Trinajstić information content (AvgIpc) is 2.07. The second kappa shape index (κ2) is 3.96. The molecule has 0 aliphatic carbocycles. The lowest BCUT2D eigenvalue weighted by atomic mass is 9.95. The van der Waals surface area contributed by atoms with Crippen LogP contribution in [0, 0.1) is 0 Å². The molecule has 0 radical (unpaired) electrons. The molecule has 78 valence electrons. The zero-order chi connectivity index (χ0) is 10.8. The molecule has 3 heteroatoms. The topological polar surface area (TPSA) is 46.2 Å². The number of halogens is 1. The van der Waals surface area contributed by atoms with Crippen LogP contribution in [-0.2, 0) is 12.1 Å². The predicted molar refractivity (Wildman–Crippen MR) is 55.0 cm³/mol. The summed E-state index contributed by atoms with van der Waals surface area (Å²) in [6.07, 6.45) is 0.565. The van der Waals surface area contributed by atoms with Crippen molar-refractivity contribution < 1.29 is 9.50 Å². The third kappa shape index (κ3) is 2.23. The van der Waals surface area contributed by atoms with Gasteiger partial charge in [0.15, 0.2) is 0 Å². The van der Waals surface area contributed by atoms with Crippen LogP contribution in [0.25, 0.3) is 0 Å². The van der Waals surface area contributed by atoms with E-state index in [1.165, 1.54) is 13.8 Å². The summed E-state index contributed by atoms with van der Waals surface area (Å²) in [5.41, 5.74) is 4.89. The molecule has 1 aromatic carbocycles. The van der Waals surface area contributed by atoms with Gasteiger partial charge in [-0.1, -0.05) is 18.2 Å². The van der Waals surface area contributed by atoms with Gasteiger partial charge in [0.05, 0.1) is 0 Å². The van der Waals surface area contributed by atoms with Crippen LogP contribution < -0.4 is 5.73 Å². The Morgan fingerprint density at radius 2 is 2.07 bits per heavy atom. The summed E-state index contributed by atoms with van der Waals surface area (Å²) in [6.45, 7) is 3.30. The van der Waals surface area contributed by atoms with Gasteiger partial charge in [-0.3, -0.25) is 0 Å². The molecule has 0 bridgehead atoms. The molecule has 2 nitrogen and oxygen atoms in total. The van der Waals surface area contributed by atoms with Crippen molar-refractivity contribution >= 4 is 0 Å². The van der Waals surface area contributed by atoms with Crippen molar-refractivity contribution in [2.45, 2.75) is 25.9 Å². The van der Waals surface area contributed by atoms with Crippen LogP contribution >= 0.6 is 0 Å². The lowest BCUT2D eigenvalue weighted by Crippen LogP contribution is -2.11. The van der Waals surface area contributed by atoms with Gasteiger partial charge in [-0.05, 0) is 32.4 Å². The van der Waals surface area contributed by atoms with Gasteiger partial charge in [0.2, 0.25) is 0 Å². The van der Waals surface area contributed by atoms with Crippen molar-refractivity contribution in [3.8, 4) is 5.75 Å². The van der Waals surface area contributed by atoms with Crippen LogP contribution in [0.3, 0.4) is 0 Å². The van der Waals surface area contributed by atoms with Crippen LogP contribution in [0.2, 0.25) is 0 Å². The van der Waals surface area contributed by atoms with E-state index in [-0.39, 0.29) is 5.75 Å². The van der Waals surface area contributed by atoms with E-state index in [0.29, 0.717) is 24.1 Å². The van der Waals surface area contributed by atoms with E-state index in [1.54, 1.807) is 18.2 Å². The van der Waals surface area contributed by atoms with Crippen LogP contribution in [0.15, 0.2) is 18.2 Å². The number of benzene rings is 1. The molecule has 1 aromatic rings. The van der Waals surface area contributed by atoms with E-state index in [9.17, 15) is 9.50 Å². The third-order valence-electron chi connectivity index (χ3n) is 2.17. The fourth-order valence-electron chi connectivity index (χ4n) is 1.43. The summed E-state index contributed by atoms with van der Waals surface area (Å²) < 4.78 is 13.6. The number of hydrogen-bond acceptors (Lipinski definition) is 2. The molecule has 0 heterocycles. The largest absolute Gasteiger partial charge is 0.507 e. The number of phenolic OH excluding ortho intramolecular Hbond substituents is 1. The summed E-state index contributed by atoms with van der Waals surface area (Å²) in [6, 6.07) is 5.09. The normalized spacial score (nSPS) is 11.7. The van der Waals surface area contributed by atoms with Gasteiger partial charge >= 0.3 is 0 Å². The number of phenols is 1. The number of alkyl halides is 1. The summed E-state index contributed by atoms with van der Waals surface area (Å²) >= 11 is 0. The van der Waals surface area contributed by atoms with Crippen LogP contribution in [0.5, 0.6) is 5.75 Å². The fraction of sp³-hybridized carbons (Fsp3) is 0.455. The van der Waals surface area contributed by atoms with E-state index in [0.717, 1.165) is 0 Å². The first kappa shape index (κ1) is 11.0. The van der Waals surface area contributed by atoms with Crippen molar-refractivity contribution in [3.63, 3.8) is 0 Å². The second-order valence-electron chi connectivity index (χ2n) is 3.82. The maximum absolute atomic E-state index is 13.6. The number of nitrogens with two attached hydrogens (primary N) is 1. The third-order valence-corrected chi connectivity index (χ3v) is 2.17. The van der Waals surface area contributed by atoms with Gasteiger partial charge in [0, 0.05) is 5.56 Å². The van der Waals surface area contributed by atoms with E-state index in [2.05, 4.69) is 0 Å². The lowest BCUT2D eigenvalue weighted by molar-refractivity contribution is 0.214. The van der Waals surface area contributed by atoms with Crippen molar-refractivity contribution in [3.05, 3.63) is 29.3 Å². The van der Waals surface area contributed by atoms with Gasteiger partial charge in [-0.2, -0.15) is 0 Å². The average molecular weight is 197 g/mol. The summed E-state index contributed by atoms with van der Waals surface area (Å²) in [5, 5.41) is 9.76. The molecule has 0 atom stereocenters. The molecule has 0 unspecified atom stereocenters. The predicted octanol–water partition coefficient (Wildman–Crippen LogP) is 2.10. The Bertz CT molecular complexity index is 318. The van der Waals surface area contributed by atoms with E-state index in [4.69, 9.17) is 5.73 Å². The molecule has 3 N–H and O–H groups in total. The number of rotatable bonds is 3. The van der Waals surface area contributed by atoms with Crippen molar-refractivity contribution in [1.29, 1.82) is 0 Å². The highest BCUT2D eigenvalue weighted by atomic mass is 19.1. The zero-order valence-electron chi connectivity index (χ0n) is 8.55. The highest BCUT2D eigenvalue weighted by Crippen LogP contribution is 2.34. The highest BCUT2D eigenvalue weighted by Gasteiger charge is 2.23. The SMILES string of the molecule is CC(C)(F)c1cccc(CCN)c1O. The maximum atomic E-state index is 13.6. The first-order chi connectivity index (χ1) is 6.46. The minimum Gasteiger partial charge on any atom is -0.507 e. The van der Waals surface area contributed by atoms with Gasteiger partial charge in [-0.15, -0.1) is 0 Å². The Hall–Kier alpha value is -1.09. The maximum Gasteiger partial charge on any atom is 0.134 e. The minimum atomic E-state index is -1.52. The number of hydrogen-bond donors (Lipinski definition) is 2. The Morgan fingerprint density at radius 3 is 2.57 bits per heavy atom. The molecule has 0 saturated carbocycles. The van der Waals surface area contributed by atoms with Gasteiger partial charge in [-0.25, -0.2) is 4.39 Å². The Balaban J connectivity index is 3.14. The van der Waals surface area contributed by atoms with Gasteiger partial charge in [0.1, 0.15) is 11.4 Å². The van der Waals surface area contributed by atoms with Crippen molar-refractivity contribution in [1.82, 2.24) is 0 Å². The standard InChI is InChI=1S/C11H16FNO/c1-11(2,12)9-5-3-4-8(6-7-13)10(9)14/h3-5,14H,6-7,13H2,1-2H3. The molecule has 0 spiro atoms. The molecule has 0 aromatic heterocycles.